The number of carbonyl (C=O) groups is 2. The fraction of sp³-hybridized carbons (Fsp3) is 0.227. The van der Waals surface area contributed by atoms with Crippen LogP contribution in [0.4, 0.5) is 10.5 Å². The topological polar surface area (TPSA) is 132 Å². The van der Waals surface area contributed by atoms with Crippen LogP contribution < -0.4 is 22.1 Å². The Labute approximate surface area is 207 Å². The number of rotatable bonds is 6. The largest absolute Gasteiger partial charge is 0.445 e. The normalized spacial score (nSPS) is 11.8. The minimum Gasteiger partial charge on any atom is -0.445 e. The first kappa shape index (κ1) is 28.3. The van der Waals surface area contributed by atoms with Gasteiger partial charge in [0.15, 0.2) is 6.29 Å². The Kier molecular flexibility index (Phi) is 11.7. The first-order valence-electron chi connectivity index (χ1n) is 9.55. The van der Waals surface area contributed by atoms with Gasteiger partial charge in [-0.05, 0) is 68.1 Å². The molecule has 0 unspecified atom stereocenters. The number of amides is 1. The fourth-order valence-electron chi connectivity index (χ4n) is 2.48. The highest BCUT2D eigenvalue weighted by Gasteiger charge is 2.22. The molecule has 0 aliphatic rings. The van der Waals surface area contributed by atoms with Crippen molar-refractivity contribution in [1.82, 2.24) is 10.3 Å². The number of nitrogens with zero attached hydrogens (tertiary/aromatic N) is 1. The van der Waals surface area contributed by atoms with Crippen LogP contribution in [0.2, 0.25) is 0 Å². The number of aldehydes is 1. The summed E-state index contributed by atoms with van der Waals surface area (Å²) in [6.07, 6.45) is 4.41. The number of allylic oxidation sites excluding steroid dienone is 2. The van der Waals surface area contributed by atoms with Crippen molar-refractivity contribution in [2.75, 3.05) is 26.0 Å². The maximum absolute atomic E-state index is 11.9. The van der Waals surface area contributed by atoms with Gasteiger partial charge < -0.3 is 21.5 Å². The zero-order valence-corrected chi connectivity index (χ0v) is 20.6. The van der Waals surface area contributed by atoms with Gasteiger partial charge in [0.2, 0.25) is 3.79 Å². The molecule has 0 aliphatic heterocycles. The number of nitrogens with two attached hydrogens (primary N) is 2. The van der Waals surface area contributed by atoms with Gasteiger partial charge in [-0.15, -0.1) is 0 Å². The Bertz CT molecular complexity index is 1020. The van der Waals surface area contributed by atoms with Crippen molar-refractivity contribution in [3.63, 3.8) is 0 Å². The zero-order valence-electron chi connectivity index (χ0n) is 18.4. The molecule has 0 spiro atoms. The Hall–Kier alpha value is -2.78. The van der Waals surface area contributed by atoms with Crippen molar-refractivity contribution in [3.05, 3.63) is 71.2 Å². The van der Waals surface area contributed by atoms with Crippen LogP contribution in [0.5, 0.6) is 0 Å². The number of aromatic nitrogens is 1. The number of nitrogens with one attached hydrogen (secondary N) is 2. The Morgan fingerprint density at radius 1 is 1.21 bits per heavy atom. The third-order valence-electron chi connectivity index (χ3n) is 3.89. The predicted octanol–water partition coefficient (Wildman–Crippen LogP) is 4.26. The fourth-order valence-corrected chi connectivity index (χ4v) is 2.64. The summed E-state index contributed by atoms with van der Waals surface area (Å²) in [5, 5.41) is 5.29. The van der Waals surface area contributed by atoms with E-state index < -0.39 is 16.5 Å². The molecule has 2 rings (SSSR count). The summed E-state index contributed by atoms with van der Waals surface area (Å²) in [6, 6.07) is 8.45. The number of benzene rings is 1. The zero-order chi connectivity index (χ0) is 25.0. The van der Waals surface area contributed by atoms with E-state index in [0.29, 0.717) is 34.4 Å². The molecule has 178 valence electrons. The summed E-state index contributed by atoms with van der Waals surface area (Å²) in [6.45, 7) is 1.47. The first-order chi connectivity index (χ1) is 15.5. The lowest BCUT2D eigenvalue weighted by atomic mass is 10.0. The molecular formula is C22H26Cl3N5O3. The van der Waals surface area contributed by atoms with Crippen molar-refractivity contribution in [1.29, 1.82) is 0 Å². The molecule has 0 atom stereocenters. The molecule has 0 saturated carbocycles. The molecule has 1 amide bonds. The molecule has 1 aromatic carbocycles. The van der Waals surface area contributed by atoms with Gasteiger partial charge in [-0.3, -0.25) is 15.1 Å². The van der Waals surface area contributed by atoms with E-state index in [-0.39, 0.29) is 5.69 Å². The van der Waals surface area contributed by atoms with Crippen LogP contribution in [0.25, 0.3) is 11.3 Å². The molecule has 33 heavy (non-hydrogen) atoms. The van der Waals surface area contributed by atoms with Crippen LogP contribution in [0.1, 0.15) is 27.2 Å². The molecule has 8 nitrogen and oxygen atoms in total. The van der Waals surface area contributed by atoms with Gasteiger partial charge in [-0.2, -0.15) is 0 Å². The van der Waals surface area contributed by atoms with Crippen molar-refractivity contribution in [2.45, 2.75) is 10.7 Å². The SMILES string of the molecule is CNC.Cc1ccc(NC(=O)OCC(Cl)(Cl)Cl)cc1/C(N)=C/C(=C\N)c1ccnc(C=O)c1. The standard InChI is InChI=1S/C20H19Cl3N4O3.C2H7N/c1-12-2-3-15(27-19(29)30-11-20(21,22)23)8-17(12)18(25)7-14(9-24)13-4-5-26-16(6-13)10-28;1-3-2/h2-10H,11,24-25H2,1H3,(H,27,29);3H,1-2H3/b14-9+,18-7-;. The number of hydrogen-bond acceptors (Lipinski definition) is 7. The van der Waals surface area contributed by atoms with E-state index in [1.807, 2.05) is 21.0 Å². The maximum atomic E-state index is 11.9. The van der Waals surface area contributed by atoms with Crippen LogP contribution in [-0.2, 0) is 4.74 Å². The highest BCUT2D eigenvalue weighted by molar-refractivity contribution is 6.67. The third kappa shape index (κ3) is 10.1. The quantitative estimate of drug-likeness (QED) is 0.257. The molecule has 1 heterocycles. The highest BCUT2D eigenvalue weighted by Crippen LogP contribution is 2.27. The van der Waals surface area contributed by atoms with Crippen molar-refractivity contribution < 1.29 is 14.3 Å². The molecule has 0 aliphatic carbocycles. The van der Waals surface area contributed by atoms with Gasteiger partial charge in [0.25, 0.3) is 0 Å². The van der Waals surface area contributed by atoms with Crippen LogP contribution >= 0.6 is 34.8 Å². The number of hydrogen-bond donors (Lipinski definition) is 4. The number of halogens is 3. The number of alkyl halides is 3. The summed E-state index contributed by atoms with van der Waals surface area (Å²) in [5.41, 5.74) is 15.9. The first-order valence-corrected chi connectivity index (χ1v) is 10.7. The van der Waals surface area contributed by atoms with E-state index in [2.05, 4.69) is 15.6 Å². The lowest BCUT2D eigenvalue weighted by molar-refractivity contribution is 0.111. The molecule has 11 heteroatoms. The average molecular weight is 515 g/mol. The van der Waals surface area contributed by atoms with Gasteiger partial charge >= 0.3 is 6.09 Å². The van der Waals surface area contributed by atoms with E-state index in [9.17, 15) is 9.59 Å². The van der Waals surface area contributed by atoms with Crippen molar-refractivity contribution in [2.24, 2.45) is 11.5 Å². The van der Waals surface area contributed by atoms with Crippen molar-refractivity contribution in [3.8, 4) is 0 Å². The second kappa shape index (κ2) is 13.7. The molecule has 6 N–H and O–H groups in total. The maximum Gasteiger partial charge on any atom is 0.411 e. The number of carbonyl (C=O) groups excluding carboxylic acids is 2. The average Bonchev–Trinajstić information content (AvgIpc) is 2.77. The minimum absolute atomic E-state index is 0.273. The smallest absolute Gasteiger partial charge is 0.411 e. The van der Waals surface area contributed by atoms with Gasteiger partial charge in [-0.25, -0.2) is 4.79 Å². The van der Waals surface area contributed by atoms with Gasteiger partial charge in [-0.1, -0.05) is 40.9 Å². The molecule has 2 aromatic rings. The van der Waals surface area contributed by atoms with E-state index in [0.717, 1.165) is 5.56 Å². The highest BCUT2D eigenvalue weighted by atomic mass is 35.6. The Morgan fingerprint density at radius 3 is 2.45 bits per heavy atom. The number of anilines is 1. The molecular weight excluding hydrogens is 489 g/mol. The summed E-state index contributed by atoms with van der Waals surface area (Å²) in [7, 11) is 3.75. The second-order valence-corrected chi connectivity index (χ2v) is 9.17. The summed E-state index contributed by atoms with van der Waals surface area (Å²) < 4.78 is 3.15. The number of pyridine rings is 1. The molecule has 0 saturated heterocycles. The minimum atomic E-state index is -1.70. The Balaban J connectivity index is 0.00000172. The van der Waals surface area contributed by atoms with E-state index in [4.69, 9.17) is 51.0 Å². The summed E-state index contributed by atoms with van der Waals surface area (Å²) in [5.74, 6) is 0. The lowest BCUT2D eigenvalue weighted by Crippen LogP contribution is -2.21. The second-order valence-electron chi connectivity index (χ2n) is 6.65. The molecule has 0 fully saturated rings. The van der Waals surface area contributed by atoms with E-state index in [1.54, 1.807) is 36.4 Å². The lowest BCUT2D eigenvalue weighted by Gasteiger charge is -2.14. The van der Waals surface area contributed by atoms with Crippen LogP contribution in [0.15, 0.2) is 48.8 Å². The van der Waals surface area contributed by atoms with Gasteiger partial charge in [0.05, 0.1) is 0 Å². The van der Waals surface area contributed by atoms with Crippen molar-refractivity contribution >= 4 is 64.1 Å². The summed E-state index contributed by atoms with van der Waals surface area (Å²) in [4.78, 5) is 26.8. The monoisotopic (exact) mass is 513 g/mol. The predicted molar refractivity (Wildman–Crippen MR) is 135 cm³/mol. The number of ether oxygens (including phenoxy) is 1. The van der Waals surface area contributed by atoms with E-state index in [1.165, 1.54) is 12.4 Å². The molecule has 0 bridgehead atoms. The van der Waals surface area contributed by atoms with Crippen LogP contribution in [0.3, 0.4) is 0 Å². The molecule has 1 aromatic heterocycles. The summed E-state index contributed by atoms with van der Waals surface area (Å²) >= 11 is 16.7. The molecule has 0 radical (unpaired) electrons. The van der Waals surface area contributed by atoms with E-state index >= 15 is 0 Å². The number of aryl methyl sites for hydroxylation is 1. The van der Waals surface area contributed by atoms with Crippen LogP contribution in [0, 0.1) is 6.92 Å². The Morgan fingerprint density at radius 2 is 1.88 bits per heavy atom. The van der Waals surface area contributed by atoms with Crippen LogP contribution in [-0.4, -0.2) is 41.9 Å². The third-order valence-corrected chi connectivity index (χ3v) is 4.21. The van der Waals surface area contributed by atoms with Gasteiger partial charge in [0, 0.05) is 29.3 Å². The van der Waals surface area contributed by atoms with Gasteiger partial charge in [0.1, 0.15) is 12.3 Å².